The van der Waals surface area contributed by atoms with E-state index >= 15 is 0 Å². The quantitative estimate of drug-likeness (QED) is 0.519. The van der Waals surface area contributed by atoms with Crippen LogP contribution in [-0.2, 0) is 4.74 Å². The van der Waals surface area contributed by atoms with Gasteiger partial charge in [-0.15, -0.1) is 6.58 Å². The van der Waals surface area contributed by atoms with Crippen LogP contribution in [0.25, 0.3) is 0 Å². The smallest absolute Gasteiger partial charge is 0.110 e. The van der Waals surface area contributed by atoms with Gasteiger partial charge in [-0.25, -0.2) is 0 Å². The molecule has 0 aromatic rings. The molecule has 3 N–H and O–H groups in total. The molecule has 4 heteroatoms. The highest BCUT2D eigenvalue weighted by molar-refractivity contribution is 4.94. The van der Waals surface area contributed by atoms with E-state index in [9.17, 15) is 10.2 Å². The van der Waals surface area contributed by atoms with E-state index in [4.69, 9.17) is 9.84 Å². The molecule has 1 fully saturated rings. The van der Waals surface area contributed by atoms with E-state index in [0.29, 0.717) is 12.8 Å². The highest BCUT2D eigenvalue weighted by Gasteiger charge is 2.34. The Bertz CT molecular complexity index is 171. The molecule has 0 bridgehead atoms. The van der Waals surface area contributed by atoms with Gasteiger partial charge in [0.2, 0.25) is 0 Å². The van der Waals surface area contributed by atoms with Gasteiger partial charge < -0.3 is 20.1 Å². The van der Waals surface area contributed by atoms with Crippen LogP contribution in [0.3, 0.4) is 0 Å². The van der Waals surface area contributed by atoms with Crippen molar-refractivity contribution in [2.75, 3.05) is 6.61 Å². The van der Waals surface area contributed by atoms with Crippen molar-refractivity contribution in [1.82, 2.24) is 0 Å². The first-order valence-corrected chi connectivity index (χ1v) is 4.44. The van der Waals surface area contributed by atoms with Crippen molar-refractivity contribution in [3.05, 3.63) is 12.7 Å². The molecule has 0 aromatic carbocycles. The first-order valence-electron chi connectivity index (χ1n) is 4.44. The highest BCUT2D eigenvalue weighted by Crippen LogP contribution is 2.22. The fourth-order valence-corrected chi connectivity index (χ4v) is 1.51. The number of hydrogen-bond acceptors (Lipinski definition) is 4. The summed E-state index contributed by atoms with van der Waals surface area (Å²) in [7, 11) is 0. The first-order chi connectivity index (χ1) is 6.19. The van der Waals surface area contributed by atoms with Crippen LogP contribution in [0.1, 0.15) is 12.8 Å². The van der Waals surface area contributed by atoms with Crippen molar-refractivity contribution >= 4 is 0 Å². The van der Waals surface area contributed by atoms with Crippen LogP contribution in [0.4, 0.5) is 0 Å². The number of rotatable bonds is 3. The molecule has 1 saturated heterocycles. The molecule has 4 atom stereocenters. The second-order valence-corrected chi connectivity index (χ2v) is 3.26. The van der Waals surface area contributed by atoms with Gasteiger partial charge in [0.15, 0.2) is 0 Å². The summed E-state index contributed by atoms with van der Waals surface area (Å²) in [6.45, 7) is 3.53. The standard InChI is InChI=1S/C9H16O4/c1-2-8-9(12)7(11)5-6(13-8)3-4-10/h2,6-12H,1,3-5H2/t6-,7+,8-,9+/m1/s1. The van der Waals surface area contributed by atoms with Crippen molar-refractivity contribution < 1.29 is 20.1 Å². The molecule has 76 valence electrons. The van der Waals surface area contributed by atoms with Crippen molar-refractivity contribution in [1.29, 1.82) is 0 Å². The van der Waals surface area contributed by atoms with Gasteiger partial charge in [-0.1, -0.05) is 6.08 Å². The van der Waals surface area contributed by atoms with Gasteiger partial charge in [0, 0.05) is 13.0 Å². The van der Waals surface area contributed by atoms with Gasteiger partial charge in [-0.3, -0.25) is 0 Å². The van der Waals surface area contributed by atoms with Crippen LogP contribution in [0, 0.1) is 0 Å². The minimum atomic E-state index is -0.896. The third-order valence-corrected chi connectivity index (χ3v) is 2.27. The lowest BCUT2D eigenvalue weighted by Gasteiger charge is -2.35. The number of hydrogen-bond donors (Lipinski definition) is 3. The summed E-state index contributed by atoms with van der Waals surface area (Å²) in [6, 6.07) is 0. The zero-order valence-electron chi connectivity index (χ0n) is 7.47. The zero-order chi connectivity index (χ0) is 9.84. The predicted octanol–water partition coefficient (Wildman–Crippen LogP) is -0.566. The second-order valence-electron chi connectivity index (χ2n) is 3.26. The Hall–Kier alpha value is -0.420. The predicted molar refractivity (Wildman–Crippen MR) is 47.2 cm³/mol. The molecule has 0 unspecified atom stereocenters. The lowest BCUT2D eigenvalue weighted by Crippen LogP contribution is -2.47. The van der Waals surface area contributed by atoms with Gasteiger partial charge in [-0.2, -0.15) is 0 Å². The summed E-state index contributed by atoms with van der Waals surface area (Å²) < 4.78 is 5.37. The van der Waals surface area contributed by atoms with Crippen molar-refractivity contribution in [2.24, 2.45) is 0 Å². The van der Waals surface area contributed by atoms with Crippen LogP contribution >= 0.6 is 0 Å². The Morgan fingerprint density at radius 1 is 1.46 bits per heavy atom. The molecule has 1 aliphatic heterocycles. The number of aliphatic hydroxyl groups is 3. The number of ether oxygens (including phenoxy) is 1. The molecular formula is C9H16O4. The summed E-state index contributed by atoms with van der Waals surface area (Å²) in [4.78, 5) is 0. The third-order valence-electron chi connectivity index (χ3n) is 2.27. The molecule has 0 saturated carbocycles. The SMILES string of the molecule is C=C[C@H]1O[C@H](CCO)C[C@H](O)[C@@H]1O. The maximum Gasteiger partial charge on any atom is 0.110 e. The maximum atomic E-state index is 9.42. The van der Waals surface area contributed by atoms with E-state index in [0.717, 1.165) is 0 Å². The van der Waals surface area contributed by atoms with E-state index in [1.54, 1.807) is 0 Å². The van der Waals surface area contributed by atoms with Gasteiger partial charge >= 0.3 is 0 Å². The lowest BCUT2D eigenvalue weighted by atomic mass is 9.96. The van der Waals surface area contributed by atoms with E-state index in [1.165, 1.54) is 6.08 Å². The summed E-state index contributed by atoms with van der Waals surface area (Å²) in [6.07, 6.45) is -0.0788. The third kappa shape index (κ3) is 2.51. The summed E-state index contributed by atoms with van der Waals surface area (Å²) in [5, 5.41) is 27.5. The Kier molecular flexibility index (Phi) is 3.87. The van der Waals surface area contributed by atoms with Crippen molar-refractivity contribution in [2.45, 2.75) is 37.3 Å². The van der Waals surface area contributed by atoms with E-state index < -0.39 is 18.3 Å². The highest BCUT2D eigenvalue weighted by atomic mass is 16.5. The second kappa shape index (κ2) is 4.72. The Morgan fingerprint density at radius 3 is 2.69 bits per heavy atom. The van der Waals surface area contributed by atoms with E-state index in [2.05, 4.69) is 6.58 Å². The molecule has 0 aliphatic carbocycles. The first kappa shape index (κ1) is 10.7. The molecule has 0 amide bonds. The number of aliphatic hydroxyl groups excluding tert-OH is 3. The van der Waals surface area contributed by atoms with E-state index in [-0.39, 0.29) is 12.7 Å². The summed E-state index contributed by atoms with van der Waals surface area (Å²) in [5.41, 5.74) is 0. The average molecular weight is 188 g/mol. The van der Waals surface area contributed by atoms with Gasteiger partial charge in [0.05, 0.1) is 12.2 Å². The molecule has 1 heterocycles. The molecular weight excluding hydrogens is 172 g/mol. The molecule has 1 rings (SSSR count). The maximum absolute atomic E-state index is 9.42. The molecule has 0 spiro atoms. The molecule has 0 aromatic heterocycles. The molecule has 13 heavy (non-hydrogen) atoms. The van der Waals surface area contributed by atoms with E-state index in [1.807, 2.05) is 0 Å². The molecule has 1 aliphatic rings. The summed E-state index contributed by atoms with van der Waals surface area (Å²) >= 11 is 0. The Labute approximate surface area is 77.5 Å². The van der Waals surface area contributed by atoms with Crippen LogP contribution < -0.4 is 0 Å². The normalized spacial score (nSPS) is 40.2. The van der Waals surface area contributed by atoms with Crippen LogP contribution in [0.5, 0.6) is 0 Å². The molecule has 4 nitrogen and oxygen atoms in total. The van der Waals surface area contributed by atoms with Crippen molar-refractivity contribution in [3.63, 3.8) is 0 Å². The van der Waals surface area contributed by atoms with Crippen LogP contribution in [0.2, 0.25) is 0 Å². The monoisotopic (exact) mass is 188 g/mol. The largest absolute Gasteiger partial charge is 0.396 e. The minimum Gasteiger partial charge on any atom is -0.396 e. The zero-order valence-corrected chi connectivity index (χ0v) is 7.47. The summed E-state index contributed by atoms with van der Waals surface area (Å²) in [5.74, 6) is 0. The lowest BCUT2D eigenvalue weighted by molar-refractivity contribution is -0.154. The van der Waals surface area contributed by atoms with Crippen molar-refractivity contribution in [3.8, 4) is 0 Å². The Balaban J connectivity index is 2.52. The van der Waals surface area contributed by atoms with Crippen LogP contribution in [-0.4, -0.2) is 46.3 Å². The minimum absolute atomic E-state index is 0.0251. The van der Waals surface area contributed by atoms with Crippen LogP contribution in [0.15, 0.2) is 12.7 Å². The van der Waals surface area contributed by atoms with Gasteiger partial charge in [0.1, 0.15) is 12.2 Å². The average Bonchev–Trinajstić information content (AvgIpc) is 2.11. The molecule has 0 radical (unpaired) electrons. The van der Waals surface area contributed by atoms with Gasteiger partial charge in [0.25, 0.3) is 0 Å². The fourth-order valence-electron chi connectivity index (χ4n) is 1.51. The van der Waals surface area contributed by atoms with Gasteiger partial charge in [-0.05, 0) is 6.42 Å². The topological polar surface area (TPSA) is 69.9 Å². The Morgan fingerprint density at radius 2 is 2.15 bits per heavy atom. The fraction of sp³-hybridized carbons (Fsp3) is 0.778.